The Morgan fingerprint density at radius 2 is 1.90 bits per heavy atom. The first kappa shape index (κ1) is 15.1. The van der Waals surface area contributed by atoms with Crippen LogP contribution in [0.4, 0.5) is 0 Å². The van der Waals surface area contributed by atoms with Crippen LogP contribution in [0.3, 0.4) is 0 Å². The van der Waals surface area contributed by atoms with E-state index in [1.54, 1.807) is 0 Å². The quantitative estimate of drug-likeness (QED) is 0.781. The van der Waals surface area contributed by atoms with Crippen LogP contribution in [0.2, 0.25) is 0 Å². The van der Waals surface area contributed by atoms with E-state index < -0.39 is 11.9 Å². The van der Waals surface area contributed by atoms with Gasteiger partial charge in [0.1, 0.15) is 5.75 Å². The van der Waals surface area contributed by atoms with Gasteiger partial charge in [-0.25, -0.2) is 0 Å². The van der Waals surface area contributed by atoms with E-state index >= 15 is 0 Å². The summed E-state index contributed by atoms with van der Waals surface area (Å²) in [5.41, 5.74) is 2.00. The second kappa shape index (κ2) is 7.48. The van der Waals surface area contributed by atoms with Gasteiger partial charge >= 0.3 is 5.97 Å². The normalized spacial score (nSPS) is 11.9. The molecule has 2 aromatic carbocycles. The molecule has 0 aliphatic heterocycles. The van der Waals surface area contributed by atoms with Crippen LogP contribution in [-0.4, -0.2) is 17.7 Å². The molecule has 0 fully saturated rings. The summed E-state index contributed by atoms with van der Waals surface area (Å²) in [6, 6.07) is 17.2. The minimum Gasteiger partial charge on any atom is -0.494 e. The Morgan fingerprint density at radius 1 is 1.14 bits per heavy atom. The highest BCUT2D eigenvalue weighted by Crippen LogP contribution is 2.22. The number of aryl methyl sites for hydroxylation is 1. The van der Waals surface area contributed by atoms with Crippen LogP contribution < -0.4 is 4.74 Å². The molecule has 110 valence electrons. The minimum absolute atomic E-state index is 0.465. The molecule has 1 N–H and O–H groups in total. The Bertz CT molecular complexity index is 578. The minimum atomic E-state index is -0.781. The lowest BCUT2D eigenvalue weighted by Gasteiger charge is -2.13. The van der Waals surface area contributed by atoms with Gasteiger partial charge in [0.15, 0.2) is 0 Å². The molecule has 0 saturated heterocycles. The van der Waals surface area contributed by atoms with E-state index in [1.807, 2.05) is 61.5 Å². The molecule has 0 heterocycles. The largest absolute Gasteiger partial charge is 0.494 e. The van der Waals surface area contributed by atoms with Gasteiger partial charge in [0, 0.05) is 0 Å². The molecule has 1 unspecified atom stereocenters. The molecule has 2 rings (SSSR count). The van der Waals surface area contributed by atoms with Gasteiger partial charge in [-0.3, -0.25) is 4.79 Å². The Kier molecular flexibility index (Phi) is 5.38. The third-order valence-corrected chi connectivity index (χ3v) is 3.40. The van der Waals surface area contributed by atoms with Crippen LogP contribution in [0.1, 0.15) is 29.9 Å². The summed E-state index contributed by atoms with van der Waals surface area (Å²) < 4.78 is 5.66. The molecule has 0 radical (unpaired) electrons. The van der Waals surface area contributed by atoms with E-state index in [2.05, 4.69) is 0 Å². The zero-order valence-corrected chi connectivity index (χ0v) is 12.2. The smallest absolute Gasteiger partial charge is 0.310 e. The first-order chi connectivity index (χ1) is 10.2. The zero-order valence-electron chi connectivity index (χ0n) is 12.2. The van der Waals surface area contributed by atoms with Crippen LogP contribution in [0.5, 0.6) is 5.75 Å². The summed E-state index contributed by atoms with van der Waals surface area (Å²) in [4.78, 5) is 11.4. The number of carboxylic acids is 1. The van der Waals surface area contributed by atoms with E-state index in [0.29, 0.717) is 19.4 Å². The summed E-state index contributed by atoms with van der Waals surface area (Å²) >= 11 is 0. The molecule has 0 spiro atoms. The van der Waals surface area contributed by atoms with Gasteiger partial charge in [-0.05, 0) is 43.0 Å². The molecule has 0 aliphatic rings. The first-order valence-corrected chi connectivity index (χ1v) is 7.14. The van der Waals surface area contributed by atoms with Crippen molar-refractivity contribution in [2.24, 2.45) is 0 Å². The van der Waals surface area contributed by atoms with E-state index in [4.69, 9.17) is 4.74 Å². The van der Waals surface area contributed by atoms with Crippen molar-refractivity contribution < 1.29 is 14.6 Å². The number of hydrogen-bond acceptors (Lipinski definition) is 2. The van der Waals surface area contributed by atoms with Crippen molar-refractivity contribution in [3.05, 3.63) is 65.7 Å². The maximum absolute atomic E-state index is 11.4. The average molecular weight is 284 g/mol. The molecule has 21 heavy (non-hydrogen) atoms. The average Bonchev–Trinajstić information content (AvgIpc) is 2.48. The standard InChI is InChI=1S/C18H20O3/c1-14-7-5-10-16(13-14)21-12-6-11-17(18(19)20)15-8-3-2-4-9-15/h2-5,7-10,13,17H,6,11-12H2,1H3,(H,19,20). The number of aliphatic carboxylic acids is 1. The molecule has 0 saturated carbocycles. The molecule has 0 aliphatic carbocycles. The van der Waals surface area contributed by atoms with Crippen LogP contribution in [0.25, 0.3) is 0 Å². The van der Waals surface area contributed by atoms with Crippen LogP contribution in [0.15, 0.2) is 54.6 Å². The van der Waals surface area contributed by atoms with Gasteiger partial charge in [-0.1, -0.05) is 42.5 Å². The Labute approximate surface area is 125 Å². The lowest BCUT2D eigenvalue weighted by molar-refractivity contribution is -0.139. The number of hydrogen-bond donors (Lipinski definition) is 1. The fourth-order valence-corrected chi connectivity index (χ4v) is 2.30. The van der Waals surface area contributed by atoms with E-state index in [0.717, 1.165) is 16.9 Å². The fraction of sp³-hybridized carbons (Fsp3) is 0.278. The summed E-state index contributed by atoms with van der Waals surface area (Å²) in [6.07, 6.45) is 1.28. The Morgan fingerprint density at radius 3 is 2.57 bits per heavy atom. The molecule has 3 nitrogen and oxygen atoms in total. The Hall–Kier alpha value is -2.29. The van der Waals surface area contributed by atoms with Gasteiger partial charge in [-0.2, -0.15) is 0 Å². The number of rotatable bonds is 7. The monoisotopic (exact) mass is 284 g/mol. The lowest BCUT2D eigenvalue weighted by atomic mass is 9.95. The SMILES string of the molecule is Cc1cccc(OCCCC(C(=O)O)c2ccccc2)c1. The van der Waals surface area contributed by atoms with Crippen LogP contribution in [-0.2, 0) is 4.79 Å². The van der Waals surface area contributed by atoms with Crippen molar-refractivity contribution in [1.82, 2.24) is 0 Å². The van der Waals surface area contributed by atoms with Gasteiger partial charge in [0.2, 0.25) is 0 Å². The van der Waals surface area contributed by atoms with Crippen molar-refractivity contribution in [3.63, 3.8) is 0 Å². The molecule has 0 amide bonds. The molecule has 0 bridgehead atoms. The summed E-state index contributed by atoms with van der Waals surface area (Å²) in [5, 5.41) is 9.34. The molecule has 3 heteroatoms. The van der Waals surface area contributed by atoms with Gasteiger partial charge in [0.05, 0.1) is 12.5 Å². The van der Waals surface area contributed by atoms with Crippen molar-refractivity contribution in [3.8, 4) is 5.75 Å². The number of carbonyl (C=O) groups is 1. The molecular weight excluding hydrogens is 264 g/mol. The predicted octanol–water partition coefficient (Wildman–Crippen LogP) is 4.02. The molecular formula is C18H20O3. The summed E-state index contributed by atoms with van der Waals surface area (Å²) in [6.45, 7) is 2.54. The van der Waals surface area contributed by atoms with Crippen LogP contribution in [0, 0.1) is 6.92 Å². The zero-order chi connectivity index (χ0) is 15.1. The lowest BCUT2D eigenvalue weighted by Crippen LogP contribution is -2.13. The predicted molar refractivity (Wildman–Crippen MR) is 82.7 cm³/mol. The van der Waals surface area contributed by atoms with E-state index in [-0.39, 0.29) is 0 Å². The highest BCUT2D eigenvalue weighted by atomic mass is 16.5. The Balaban J connectivity index is 1.85. The van der Waals surface area contributed by atoms with Gasteiger partial charge in [-0.15, -0.1) is 0 Å². The third-order valence-electron chi connectivity index (χ3n) is 3.40. The molecule has 2 aromatic rings. The van der Waals surface area contributed by atoms with Crippen molar-refractivity contribution in [2.75, 3.05) is 6.61 Å². The second-order valence-corrected chi connectivity index (χ2v) is 5.11. The molecule has 0 aromatic heterocycles. The highest BCUT2D eigenvalue weighted by molar-refractivity contribution is 5.75. The number of benzene rings is 2. The van der Waals surface area contributed by atoms with Crippen molar-refractivity contribution >= 4 is 5.97 Å². The summed E-state index contributed by atoms with van der Waals surface area (Å²) in [7, 11) is 0. The van der Waals surface area contributed by atoms with Crippen LogP contribution >= 0.6 is 0 Å². The number of carboxylic acid groups (broad SMARTS) is 1. The topological polar surface area (TPSA) is 46.5 Å². The van der Waals surface area contributed by atoms with Gasteiger partial charge in [0.25, 0.3) is 0 Å². The van der Waals surface area contributed by atoms with Crippen molar-refractivity contribution in [1.29, 1.82) is 0 Å². The molecule has 1 atom stereocenters. The fourth-order valence-electron chi connectivity index (χ4n) is 2.30. The van der Waals surface area contributed by atoms with E-state index in [9.17, 15) is 9.90 Å². The highest BCUT2D eigenvalue weighted by Gasteiger charge is 2.18. The maximum atomic E-state index is 11.4. The van der Waals surface area contributed by atoms with Crippen molar-refractivity contribution in [2.45, 2.75) is 25.7 Å². The van der Waals surface area contributed by atoms with E-state index in [1.165, 1.54) is 0 Å². The second-order valence-electron chi connectivity index (χ2n) is 5.11. The summed E-state index contributed by atoms with van der Waals surface area (Å²) in [5.74, 6) is -0.411. The first-order valence-electron chi connectivity index (χ1n) is 7.14. The third kappa shape index (κ3) is 4.63. The van der Waals surface area contributed by atoms with Gasteiger partial charge < -0.3 is 9.84 Å². The number of ether oxygens (including phenoxy) is 1. The maximum Gasteiger partial charge on any atom is 0.310 e.